The molecule has 1 saturated heterocycles. The van der Waals surface area contributed by atoms with E-state index in [1.54, 1.807) is 0 Å². The average molecular weight is 472 g/mol. The van der Waals surface area contributed by atoms with Crippen LogP contribution in [0.25, 0.3) is 10.2 Å². The molecule has 1 amide bonds. The summed E-state index contributed by atoms with van der Waals surface area (Å²) in [6.07, 6.45) is 3.24. The number of aromatic nitrogens is 1. The molecule has 2 aliphatic rings. The largest absolute Gasteiger partial charge is 0.397 e. The number of aryl methyl sites for hydroxylation is 1. The number of amides is 1. The molecular weight excluding hydrogens is 442 g/mol. The van der Waals surface area contributed by atoms with E-state index in [4.69, 9.17) is 10.7 Å². The predicted molar refractivity (Wildman–Crippen MR) is 136 cm³/mol. The summed E-state index contributed by atoms with van der Waals surface area (Å²) >= 11 is 1.39. The smallest absolute Gasteiger partial charge is 0.263 e. The molecule has 3 heterocycles. The lowest BCUT2D eigenvalue weighted by molar-refractivity contribution is 0.0959. The highest BCUT2D eigenvalue weighted by molar-refractivity contribution is 7.21. The maximum atomic E-state index is 12.8. The van der Waals surface area contributed by atoms with Gasteiger partial charge in [-0.15, -0.1) is 23.7 Å². The molecule has 32 heavy (non-hydrogen) atoms. The molecule has 4 N–H and O–H groups in total. The molecule has 6 nitrogen and oxygen atoms in total. The summed E-state index contributed by atoms with van der Waals surface area (Å²) in [5.74, 6) is 0.509. The van der Waals surface area contributed by atoms with Gasteiger partial charge in [0.05, 0.1) is 5.69 Å². The van der Waals surface area contributed by atoms with Gasteiger partial charge in [-0.1, -0.05) is 12.1 Å². The summed E-state index contributed by atoms with van der Waals surface area (Å²) in [6, 6.07) is 10.8. The quantitative estimate of drug-likeness (QED) is 0.508. The minimum absolute atomic E-state index is 0. The first kappa shape index (κ1) is 22.8. The van der Waals surface area contributed by atoms with Crippen LogP contribution in [0.15, 0.2) is 30.3 Å². The van der Waals surface area contributed by atoms with Crippen molar-refractivity contribution >= 4 is 51.2 Å². The van der Waals surface area contributed by atoms with Crippen LogP contribution in [-0.2, 0) is 6.42 Å². The number of hydrogen-bond acceptors (Lipinski definition) is 6. The first-order valence-electron chi connectivity index (χ1n) is 11.1. The van der Waals surface area contributed by atoms with Crippen molar-refractivity contribution in [2.45, 2.75) is 32.1 Å². The second-order valence-electron chi connectivity index (χ2n) is 8.54. The zero-order chi connectivity index (χ0) is 21.4. The highest BCUT2D eigenvalue weighted by Crippen LogP contribution is 2.44. The van der Waals surface area contributed by atoms with Crippen LogP contribution >= 0.6 is 23.7 Å². The molecule has 1 aromatic carbocycles. The van der Waals surface area contributed by atoms with E-state index in [1.165, 1.54) is 41.0 Å². The average Bonchev–Trinajstić information content (AvgIpc) is 3.58. The van der Waals surface area contributed by atoms with Crippen molar-refractivity contribution in [3.63, 3.8) is 0 Å². The number of nitrogens with two attached hydrogens (primary N) is 1. The van der Waals surface area contributed by atoms with Crippen LogP contribution in [0.1, 0.15) is 45.3 Å². The molecule has 1 aliphatic carbocycles. The number of carbonyl (C=O) groups is 1. The number of nitrogen functional groups attached to an aromatic ring is 1. The molecule has 170 valence electrons. The van der Waals surface area contributed by atoms with Gasteiger partial charge in [-0.2, -0.15) is 0 Å². The number of benzene rings is 1. The van der Waals surface area contributed by atoms with E-state index in [1.807, 2.05) is 0 Å². The van der Waals surface area contributed by atoms with Gasteiger partial charge >= 0.3 is 0 Å². The molecule has 2 fully saturated rings. The molecule has 1 saturated carbocycles. The van der Waals surface area contributed by atoms with E-state index in [-0.39, 0.29) is 18.3 Å². The number of thiophene rings is 1. The van der Waals surface area contributed by atoms with E-state index >= 15 is 0 Å². The maximum Gasteiger partial charge on any atom is 0.263 e. The predicted octanol–water partition coefficient (Wildman–Crippen LogP) is 3.87. The Kier molecular flexibility index (Phi) is 6.88. The van der Waals surface area contributed by atoms with Crippen molar-refractivity contribution in [2.75, 3.05) is 43.4 Å². The summed E-state index contributed by atoms with van der Waals surface area (Å²) in [5.41, 5.74) is 11.7. The molecule has 0 radical (unpaired) electrons. The highest BCUT2D eigenvalue weighted by atomic mass is 35.5. The lowest BCUT2D eigenvalue weighted by Crippen LogP contribution is -2.43. The first-order chi connectivity index (χ1) is 15.1. The number of carbonyl (C=O) groups excluding carboxylic acids is 1. The van der Waals surface area contributed by atoms with Gasteiger partial charge in [-0.05, 0) is 61.4 Å². The minimum Gasteiger partial charge on any atom is -0.397 e. The number of fused-ring (bicyclic) bond motifs is 1. The number of nitrogens with zero attached hydrogens (tertiary/aromatic N) is 2. The molecule has 0 bridgehead atoms. The Bertz CT molecular complexity index is 1100. The van der Waals surface area contributed by atoms with Crippen molar-refractivity contribution < 1.29 is 4.79 Å². The van der Waals surface area contributed by atoms with Gasteiger partial charge in [-0.25, -0.2) is 4.98 Å². The molecule has 2 aromatic heterocycles. The fourth-order valence-corrected chi connectivity index (χ4v) is 5.36. The van der Waals surface area contributed by atoms with E-state index in [0.717, 1.165) is 48.5 Å². The molecular formula is C24H30ClN5OS. The molecule has 8 heteroatoms. The fraction of sp³-hybridized carbons (Fsp3) is 0.417. The van der Waals surface area contributed by atoms with Crippen molar-refractivity contribution in [3.8, 4) is 0 Å². The number of rotatable bonds is 6. The number of piperazine rings is 1. The second kappa shape index (κ2) is 9.65. The lowest BCUT2D eigenvalue weighted by Gasteiger charge is -2.29. The summed E-state index contributed by atoms with van der Waals surface area (Å²) in [5, 5.41) is 7.34. The zero-order valence-corrected chi connectivity index (χ0v) is 20.0. The molecule has 0 spiro atoms. The third-order valence-electron chi connectivity index (χ3n) is 6.29. The van der Waals surface area contributed by atoms with Gasteiger partial charge in [0, 0.05) is 49.5 Å². The number of halogens is 1. The normalized spacial score (nSPS) is 16.1. The summed E-state index contributed by atoms with van der Waals surface area (Å²) in [7, 11) is 0. The Labute approximate surface area is 199 Å². The van der Waals surface area contributed by atoms with Gasteiger partial charge < -0.3 is 21.3 Å². The zero-order valence-electron chi connectivity index (χ0n) is 18.3. The summed E-state index contributed by atoms with van der Waals surface area (Å²) < 4.78 is 0. The van der Waals surface area contributed by atoms with E-state index < -0.39 is 0 Å². The minimum atomic E-state index is -0.108. The van der Waals surface area contributed by atoms with Gasteiger partial charge in [-0.3, -0.25) is 4.79 Å². The number of pyridine rings is 1. The monoisotopic (exact) mass is 471 g/mol. The van der Waals surface area contributed by atoms with Crippen molar-refractivity contribution in [1.29, 1.82) is 0 Å². The summed E-state index contributed by atoms with van der Waals surface area (Å²) in [6.45, 7) is 6.79. The lowest BCUT2D eigenvalue weighted by atomic mass is 10.1. The van der Waals surface area contributed by atoms with Gasteiger partial charge in [0.25, 0.3) is 5.91 Å². The van der Waals surface area contributed by atoms with Gasteiger partial charge in [0.15, 0.2) is 0 Å². The van der Waals surface area contributed by atoms with Crippen molar-refractivity contribution in [2.24, 2.45) is 0 Å². The number of anilines is 2. The van der Waals surface area contributed by atoms with Crippen LogP contribution in [0.3, 0.4) is 0 Å². The highest BCUT2D eigenvalue weighted by Gasteiger charge is 2.27. The van der Waals surface area contributed by atoms with Crippen LogP contribution in [0.5, 0.6) is 0 Å². The first-order valence-corrected chi connectivity index (χ1v) is 11.9. The van der Waals surface area contributed by atoms with Gasteiger partial charge in [0.2, 0.25) is 0 Å². The Morgan fingerprint density at radius 1 is 1.25 bits per heavy atom. The van der Waals surface area contributed by atoms with Crippen LogP contribution in [-0.4, -0.2) is 43.6 Å². The van der Waals surface area contributed by atoms with Crippen LogP contribution in [0.4, 0.5) is 11.4 Å². The Balaban J connectivity index is 0.00000245. The molecule has 1 aliphatic heterocycles. The van der Waals surface area contributed by atoms with Crippen molar-refractivity contribution in [3.05, 3.63) is 52.0 Å². The molecule has 0 atom stereocenters. The number of hydrogen-bond donors (Lipinski definition) is 3. The van der Waals surface area contributed by atoms with E-state index in [9.17, 15) is 4.79 Å². The Morgan fingerprint density at radius 2 is 1.97 bits per heavy atom. The van der Waals surface area contributed by atoms with Gasteiger partial charge in [0.1, 0.15) is 9.71 Å². The fourth-order valence-electron chi connectivity index (χ4n) is 4.32. The Morgan fingerprint density at radius 3 is 2.66 bits per heavy atom. The molecule has 5 rings (SSSR count). The molecule has 0 unspecified atom stereocenters. The number of nitrogens with one attached hydrogen (secondary N) is 2. The van der Waals surface area contributed by atoms with E-state index in [0.29, 0.717) is 23.0 Å². The third-order valence-corrected chi connectivity index (χ3v) is 7.41. The van der Waals surface area contributed by atoms with Crippen LogP contribution in [0.2, 0.25) is 0 Å². The SMILES string of the molecule is Cc1nc2sc(C(=O)NCCc3ccc(N4CCNCC4)cc3)c(N)c2cc1C1CC1.Cl. The van der Waals surface area contributed by atoms with Crippen molar-refractivity contribution in [1.82, 2.24) is 15.6 Å². The third kappa shape index (κ3) is 4.70. The van der Waals surface area contributed by atoms with Crippen LogP contribution < -0.4 is 21.3 Å². The second-order valence-corrected chi connectivity index (χ2v) is 9.54. The molecule has 3 aromatic rings. The van der Waals surface area contributed by atoms with E-state index in [2.05, 4.69) is 52.8 Å². The topological polar surface area (TPSA) is 83.3 Å². The maximum absolute atomic E-state index is 12.8. The standard InChI is InChI=1S/C24H29N5OS.ClH/c1-15-19(17-4-5-17)14-20-21(25)22(31-24(20)28-15)23(30)27-9-8-16-2-6-18(7-3-16)29-12-10-26-11-13-29;/h2-3,6-7,14,17,26H,4-5,8-13,25H2,1H3,(H,27,30);1H. The Hall–Kier alpha value is -2.35. The van der Waals surface area contributed by atoms with Crippen LogP contribution in [0, 0.1) is 6.92 Å². The summed E-state index contributed by atoms with van der Waals surface area (Å²) in [4.78, 5) is 21.3.